The minimum absolute atomic E-state index is 0.0911. The van der Waals surface area contributed by atoms with E-state index in [0.717, 1.165) is 75.5 Å². The normalized spacial score (nSPS) is 17.9. The third-order valence-corrected chi connectivity index (χ3v) is 7.37. The molecule has 0 spiro atoms. The molecular weight excluding hydrogens is 434 g/mol. The number of nitrogens with zero attached hydrogens (tertiary/aromatic N) is 4. The second-order valence-corrected chi connectivity index (χ2v) is 9.95. The lowest BCUT2D eigenvalue weighted by atomic mass is 9.94. The number of rotatable bonds is 6. The van der Waals surface area contributed by atoms with E-state index in [1.807, 2.05) is 12.1 Å². The average Bonchev–Trinajstić information content (AvgIpc) is 2.91. The van der Waals surface area contributed by atoms with Gasteiger partial charge in [0.1, 0.15) is 0 Å². The lowest BCUT2D eigenvalue weighted by molar-refractivity contribution is -0.126. The molecule has 6 heteroatoms. The van der Waals surface area contributed by atoms with Crippen LogP contribution in [0, 0.1) is 12.8 Å². The molecule has 3 heterocycles. The Hall–Kier alpha value is -3.25. The summed E-state index contributed by atoms with van der Waals surface area (Å²) < 4.78 is 0. The van der Waals surface area contributed by atoms with Gasteiger partial charge in [-0.1, -0.05) is 60.2 Å². The molecule has 0 aliphatic carbocycles. The summed E-state index contributed by atoms with van der Waals surface area (Å²) >= 11 is 0. The van der Waals surface area contributed by atoms with E-state index in [1.165, 1.54) is 11.1 Å². The van der Waals surface area contributed by atoms with Crippen LogP contribution in [-0.4, -0.2) is 53.2 Å². The zero-order valence-electron chi connectivity index (χ0n) is 20.6. The molecule has 2 saturated heterocycles. The van der Waals surface area contributed by atoms with Crippen molar-refractivity contribution in [3.05, 3.63) is 77.9 Å². The Morgan fingerprint density at radius 1 is 0.857 bits per heavy atom. The van der Waals surface area contributed by atoms with E-state index in [2.05, 4.69) is 86.8 Å². The SMILES string of the molecule is Cc1ccc(-c2ccc(N3CCC(C(=O)NC4CCN(Cc5ccccc5)CC4)CC3)nn2)cc1. The van der Waals surface area contributed by atoms with Crippen LogP contribution in [0.25, 0.3) is 11.3 Å². The van der Waals surface area contributed by atoms with Gasteiger partial charge in [0.2, 0.25) is 5.91 Å². The van der Waals surface area contributed by atoms with Crippen molar-refractivity contribution in [1.82, 2.24) is 20.4 Å². The Balaban J connectivity index is 1.06. The fourth-order valence-corrected chi connectivity index (χ4v) is 5.14. The molecule has 182 valence electrons. The summed E-state index contributed by atoms with van der Waals surface area (Å²) in [5.41, 5.74) is 4.56. The molecule has 2 aliphatic rings. The standard InChI is InChI=1S/C29H35N5O/c1-22-7-9-24(10-8-22)27-11-12-28(32-31-27)34-19-13-25(14-20-34)29(35)30-26-15-17-33(18-16-26)21-23-5-3-2-4-6-23/h2-12,25-26H,13-21H2,1H3,(H,30,35). The van der Waals surface area contributed by atoms with E-state index in [9.17, 15) is 4.79 Å². The van der Waals surface area contributed by atoms with Crippen molar-refractivity contribution in [2.45, 2.75) is 45.2 Å². The number of hydrogen-bond donors (Lipinski definition) is 1. The summed E-state index contributed by atoms with van der Waals surface area (Å²) in [4.78, 5) is 17.7. The van der Waals surface area contributed by atoms with Crippen LogP contribution in [0.15, 0.2) is 66.7 Å². The average molecular weight is 470 g/mol. The van der Waals surface area contributed by atoms with Crippen molar-refractivity contribution in [2.75, 3.05) is 31.1 Å². The van der Waals surface area contributed by atoms with Gasteiger partial charge >= 0.3 is 0 Å². The highest BCUT2D eigenvalue weighted by Crippen LogP contribution is 2.24. The summed E-state index contributed by atoms with van der Waals surface area (Å²) in [6, 6.07) is 23.4. The van der Waals surface area contributed by atoms with E-state index in [4.69, 9.17) is 0 Å². The maximum absolute atomic E-state index is 12.9. The maximum Gasteiger partial charge on any atom is 0.223 e. The smallest absolute Gasteiger partial charge is 0.223 e. The molecule has 1 aromatic heterocycles. The molecule has 6 nitrogen and oxygen atoms in total. The Labute approximate surface area is 208 Å². The third-order valence-electron chi connectivity index (χ3n) is 7.37. The van der Waals surface area contributed by atoms with E-state index < -0.39 is 0 Å². The van der Waals surface area contributed by atoms with Gasteiger partial charge in [0.05, 0.1) is 5.69 Å². The minimum Gasteiger partial charge on any atom is -0.355 e. The molecule has 35 heavy (non-hydrogen) atoms. The van der Waals surface area contributed by atoms with Crippen LogP contribution >= 0.6 is 0 Å². The third kappa shape index (κ3) is 6.06. The van der Waals surface area contributed by atoms with Crippen LogP contribution in [0.4, 0.5) is 5.82 Å². The molecule has 2 aromatic carbocycles. The Morgan fingerprint density at radius 3 is 2.23 bits per heavy atom. The monoisotopic (exact) mass is 469 g/mol. The van der Waals surface area contributed by atoms with E-state index in [-0.39, 0.29) is 11.8 Å². The van der Waals surface area contributed by atoms with E-state index in [1.54, 1.807) is 0 Å². The van der Waals surface area contributed by atoms with Crippen molar-refractivity contribution in [1.29, 1.82) is 0 Å². The largest absolute Gasteiger partial charge is 0.355 e. The number of hydrogen-bond acceptors (Lipinski definition) is 5. The Bertz CT molecular complexity index is 1080. The lowest BCUT2D eigenvalue weighted by Crippen LogP contribution is -2.48. The van der Waals surface area contributed by atoms with Crippen LogP contribution in [-0.2, 0) is 11.3 Å². The van der Waals surface area contributed by atoms with Crippen LogP contribution in [0.5, 0.6) is 0 Å². The van der Waals surface area contributed by atoms with Gasteiger partial charge in [-0.05, 0) is 50.3 Å². The molecule has 0 radical (unpaired) electrons. The van der Waals surface area contributed by atoms with Crippen molar-refractivity contribution in [3.63, 3.8) is 0 Å². The summed E-state index contributed by atoms with van der Waals surface area (Å²) in [5.74, 6) is 1.21. The van der Waals surface area contributed by atoms with Gasteiger partial charge in [-0.2, -0.15) is 0 Å². The molecule has 0 bridgehead atoms. The second-order valence-electron chi connectivity index (χ2n) is 9.95. The Morgan fingerprint density at radius 2 is 1.57 bits per heavy atom. The maximum atomic E-state index is 12.9. The molecular formula is C29H35N5O. The highest BCUT2D eigenvalue weighted by molar-refractivity contribution is 5.79. The molecule has 0 unspecified atom stereocenters. The number of aryl methyl sites for hydroxylation is 1. The summed E-state index contributed by atoms with van der Waals surface area (Å²) in [6.45, 7) is 6.83. The second kappa shape index (κ2) is 11.0. The summed E-state index contributed by atoms with van der Waals surface area (Å²) in [5, 5.41) is 12.3. The molecule has 2 aliphatic heterocycles. The highest BCUT2D eigenvalue weighted by Gasteiger charge is 2.28. The zero-order chi connectivity index (χ0) is 24.0. The topological polar surface area (TPSA) is 61.4 Å². The molecule has 3 aromatic rings. The zero-order valence-corrected chi connectivity index (χ0v) is 20.6. The number of nitrogens with one attached hydrogen (secondary N) is 1. The van der Waals surface area contributed by atoms with Gasteiger partial charge in [-0.3, -0.25) is 9.69 Å². The molecule has 1 amide bonds. The van der Waals surface area contributed by atoms with Crippen LogP contribution < -0.4 is 10.2 Å². The molecule has 5 rings (SSSR count). The quantitative estimate of drug-likeness (QED) is 0.578. The van der Waals surface area contributed by atoms with Crippen LogP contribution in [0.3, 0.4) is 0 Å². The summed E-state index contributed by atoms with van der Waals surface area (Å²) in [7, 11) is 0. The van der Waals surface area contributed by atoms with Gasteiger partial charge in [0, 0.05) is 50.2 Å². The highest BCUT2D eigenvalue weighted by atomic mass is 16.2. The van der Waals surface area contributed by atoms with Gasteiger partial charge in [-0.15, -0.1) is 10.2 Å². The first kappa shape index (κ1) is 23.5. The van der Waals surface area contributed by atoms with E-state index >= 15 is 0 Å². The lowest BCUT2D eigenvalue weighted by Gasteiger charge is -2.35. The molecule has 0 atom stereocenters. The number of aromatic nitrogens is 2. The summed E-state index contributed by atoms with van der Waals surface area (Å²) in [6.07, 6.45) is 3.78. The first-order valence-corrected chi connectivity index (χ1v) is 12.9. The van der Waals surface area contributed by atoms with Gasteiger partial charge < -0.3 is 10.2 Å². The van der Waals surface area contributed by atoms with Gasteiger partial charge in [0.25, 0.3) is 0 Å². The van der Waals surface area contributed by atoms with Crippen molar-refractivity contribution < 1.29 is 4.79 Å². The molecule has 0 saturated carbocycles. The number of amides is 1. The van der Waals surface area contributed by atoms with E-state index in [0.29, 0.717) is 6.04 Å². The Kier molecular flexibility index (Phi) is 7.38. The number of carbonyl (C=O) groups is 1. The van der Waals surface area contributed by atoms with Crippen molar-refractivity contribution >= 4 is 11.7 Å². The first-order valence-electron chi connectivity index (χ1n) is 12.9. The number of piperidine rings is 2. The van der Waals surface area contributed by atoms with Crippen LogP contribution in [0.2, 0.25) is 0 Å². The van der Waals surface area contributed by atoms with Crippen LogP contribution in [0.1, 0.15) is 36.8 Å². The first-order chi connectivity index (χ1) is 17.1. The van der Waals surface area contributed by atoms with Gasteiger partial charge in [0.15, 0.2) is 5.82 Å². The number of benzene rings is 2. The minimum atomic E-state index is 0.0911. The fraction of sp³-hybridized carbons (Fsp3) is 0.414. The predicted molar refractivity (Wildman–Crippen MR) is 140 cm³/mol. The van der Waals surface area contributed by atoms with Gasteiger partial charge in [-0.25, -0.2) is 0 Å². The molecule has 2 fully saturated rings. The predicted octanol–water partition coefficient (Wildman–Crippen LogP) is 4.45. The number of anilines is 1. The van der Waals surface area contributed by atoms with Crippen molar-refractivity contribution in [3.8, 4) is 11.3 Å². The molecule has 1 N–H and O–H groups in total. The number of carbonyl (C=O) groups excluding carboxylic acids is 1. The fourth-order valence-electron chi connectivity index (χ4n) is 5.14. The van der Waals surface area contributed by atoms with Crippen molar-refractivity contribution in [2.24, 2.45) is 5.92 Å². The number of likely N-dealkylation sites (tertiary alicyclic amines) is 1.